The Kier molecular flexibility index (Phi) is 6.91. The molecule has 0 bridgehead atoms. The minimum Gasteiger partial charge on any atom is -0.493 e. The van der Waals surface area contributed by atoms with Gasteiger partial charge in [0.1, 0.15) is 19.0 Å². The second-order valence-electron chi connectivity index (χ2n) is 8.59. The normalized spacial score (nSPS) is 12.8. The van der Waals surface area contributed by atoms with Crippen LogP contribution in [0.2, 0.25) is 0 Å². The first kappa shape index (κ1) is 23.9. The highest BCUT2D eigenvalue weighted by molar-refractivity contribution is 7.15. The molecule has 1 atom stereocenters. The van der Waals surface area contributed by atoms with Gasteiger partial charge in [-0.2, -0.15) is 0 Å². The molecule has 3 aromatic carbocycles. The molecule has 36 heavy (non-hydrogen) atoms. The number of benzene rings is 3. The summed E-state index contributed by atoms with van der Waals surface area (Å²) >= 11 is 1.38. The fourth-order valence-corrected chi connectivity index (χ4v) is 5.19. The van der Waals surface area contributed by atoms with E-state index >= 15 is 0 Å². The van der Waals surface area contributed by atoms with E-state index in [0.717, 1.165) is 28.8 Å². The Morgan fingerprint density at radius 1 is 0.972 bits per heavy atom. The molecule has 0 saturated carbocycles. The molecule has 0 N–H and O–H groups in total. The fraction of sp³-hybridized carbons (Fsp3) is 0.241. The Labute approximate surface area is 213 Å². The third-order valence-electron chi connectivity index (χ3n) is 6.29. The van der Waals surface area contributed by atoms with Crippen molar-refractivity contribution >= 4 is 33.4 Å². The third-order valence-corrected chi connectivity index (χ3v) is 7.26. The Hall–Kier alpha value is -3.84. The lowest BCUT2D eigenvalue weighted by Crippen LogP contribution is -2.22. The van der Waals surface area contributed by atoms with E-state index in [1.165, 1.54) is 16.9 Å². The first-order valence-electron chi connectivity index (χ1n) is 12.0. The van der Waals surface area contributed by atoms with Gasteiger partial charge in [-0.25, -0.2) is 9.38 Å². The number of ether oxygens (including phenoxy) is 3. The van der Waals surface area contributed by atoms with E-state index in [-0.39, 0.29) is 5.56 Å². The molecule has 0 amide bonds. The lowest BCUT2D eigenvalue weighted by molar-refractivity contribution is 0.209. The minimum absolute atomic E-state index is 0.0715. The van der Waals surface area contributed by atoms with Crippen LogP contribution in [0.1, 0.15) is 37.3 Å². The number of imidazole rings is 1. The summed E-state index contributed by atoms with van der Waals surface area (Å²) in [4.78, 5) is 18.3. The zero-order chi connectivity index (χ0) is 25.1. The molecule has 0 fully saturated rings. The maximum Gasteiger partial charge on any atom is 0.274 e. The van der Waals surface area contributed by atoms with E-state index in [4.69, 9.17) is 14.2 Å². The van der Waals surface area contributed by atoms with Crippen LogP contribution in [0.15, 0.2) is 71.5 Å². The van der Waals surface area contributed by atoms with Crippen molar-refractivity contribution < 1.29 is 14.2 Å². The molecule has 0 radical (unpaired) electrons. The van der Waals surface area contributed by atoms with Gasteiger partial charge in [0.2, 0.25) is 0 Å². The van der Waals surface area contributed by atoms with Gasteiger partial charge < -0.3 is 14.2 Å². The summed E-state index contributed by atoms with van der Waals surface area (Å²) in [6, 6.07) is 21.4. The molecule has 7 heteroatoms. The van der Waals surface area contributed by atoms with Gasteiger partial charge in [-0.1, -0.05) is 61.6 Å². The summed E-state index contributed by atoms with van der Waals surface area (Å²) in [5, 5.41) is 0. The molecule has 184 valence electrons. The lowest BCUT2D eigenvalue weighted by atomic mass is 9.98. The van der Waals surface area contributed by atoms with Gasteiger partial charge in [-0.3, -0.25) is 4.79 Å². The fourth-order valence-electron chi connectivity index (χ4n) is 4.20. The SMILES string of the molecule is CCC(C)c1ccccc1OCCOc1ccc(/C=c2/sc3nc4ccccc4n3c2=O)cc1OC. The summed E-state index contributed by atoms with van der Waals surface area (Å²) in [5.41, 5.74) is 3.64. The molecule has 6 nitrogen and oxygen atoms in total. The zero-order valence-electron chi connectivity index (χ0n) is 20.6. The Bertz CT molecular complexity index is 1620. The number of nitrogens with zero attached hydrogens (tertiary/aromatic N) is 2. The van der Waals surface area contributed by atoms with Crippen LogP contribution in [-0.2, 0) is 0 Å². The van der Waals surface area contributed by atoms with E-state index in [1.54, 1.807) is 11.5 Å². The van der Waals surface area contributed by atoms with E-state index in [9.17, 15) is 4.79 Å². The van der Waals surface area contributed by atoms with Crippen LogP contribution in [0.25, 0.3) is 22.1 Å². The van der Waals surface area contributed by atoms with Crippen molar-refractivity contribution in [2.24, 2.45) is 0 Å². The average molecular weight is 501 g/mol. The van der Waals surface area contributed by atoms with Gasteiger partial charge in [0, 0.05) is 0 Å². The summed E-state index contributed by atoms with van der Waals surface area (Å²) in [7, 11) is 1.61. The van der Waals surface area contributed by atoms with Crippen LogP contribution in [-0.4, -0.2) is 29.7 Å². The number of methoxy groups -OCH3 is 1. The van der Waals surface area contributed by atoms with Crippen molar-refractivity contribution in [2.45, 2.75) is 26.2 Å². The van der Waals surface area contributed by atoms with Crippen molar-refractivity contribution in [3.8, 4) is 17.2 Å². The number of rotatable bonds is 9. The van der Waals surface area contributed by atoms with Crippen LogP contribution in [0, 0.1) is 0 Å². The molecule has 0 aliphatic heterocycles. The van der Waals surface area contributed by atoms with Crippen molar-refractivity contribution in [1.82, 2.24) is 9.38 Å². The van der Waals surface area contributed by atoms with Gasteiger partial charge in [-0.15, -0.1) is 0 Å². The predicted molar refractivity (Wildman–Crippen MR) is 145 cm³/mol. The standard InChI is InChI=1S/C29H28N2O4S/c1-4-19(2)21-9-5-8-12-24(21)34-15-16-35-25-14-13-20(17-26(25)33-3)18-27-28(32)31-23-11-7-6-10-22(23)30-29(31)36-27/h5-14,17-19H,4,15-16H2,1-3H3/b27-18+. The monoisotopic (exact) mass is 500 g/mol. The highest BCUT2D eigenvalue weighted by Gasteiger charge is 2.12. The van der Waals surface area contributed by atoms with E-state index < -0.39 is 0 Å². The van der Waals surface area contributed by atoms with E-state index in [2.05, 4.69) is 24.9 Å². The van der Waals surface area contributed by atoms with Crippen LogP contribution in [0.5, 0.6) is 17.2 Å². The van der Waals surface area contributed by atoms with Crippen molar-refractivity contribution in [3.05, 3.63) is 92.7 Å². The average Bonchev–Trinajstić information content (AvgIpc) is 3.42. The van der Waals surface area contributed by atoms with Crippen LogP contribution < -0.4 is 24.3 Å². The smallest absolute Gasteiger partial charge is 0.274 e. The molecule has 0 saturated heterocycles. The largest absolute Gasteiger partial charge is 0.493 e. The summed E-state index contributed by atoms with van der Waals surface area (Å²) in [5.74, 6) is 2.56. The minimum atomic E-state index is -0.0715. The number of fused-ring (bicyclic) bond motifs is 3. The van der Waals surface area contributed by atoms with Crippen LogP contribution in [0.4, 0.5) is 0 Å². The zero-order valence-corrected chi connectivity index (χ0v) is 21.4. The van der Waals surface area contributed by atoms with Gasteiger partial charge in [0.15, 0.2) is 16.5 Å². The van der Waals surface area contributed by atoms with Gasteiger partial charge in [0.05, 0.1) is 22.7 Å². The Morgan fingerprint density at radius 3 is 2.53 bits per heavy atom. The Morgan fingerprint density at radius 2 is 1.72 bits per heavy atom. The quantitative estimate of drug-likeness (QED) is 0.252. The second-order valence-corrected chi connectivity index (χ2v) is 9.60. The van der Waals surface area contributed by atoms with Crippen molar-refractivity contribution in [1.29, 1.82) is 0 Å². The maximum atomic E-state index is 13.0. The Balaban J connectivity index is 1.31. The summed E-state index contributed by atoms with van der Waals surface area (Å²) < 4.78 is 19.8. The lowest BCUT2D eigenvalue weighted by Gasteiger charge is -2.16. The first-order valence-corrected chi connectivity index (χ1v) is 12.8. The molecular weight excluding hydrogens is 472 g/mol. The number of hydrogen-bond acceptors (Lipinski definition) is 6. The molecule has 2 heterocycles. The predicted octanol–water partition coefficient (Wildman–Crippen LogP) is 5.44. The number of thiazole rings is 1. The molecule has 0 aliphatic carbocycles. The van der Waals surface area contributed by atoms with Crippen molar-refractivity contribution in [3.63, 3.8) is 0 Å². The molecule has 2 aromatic heterocycles. The van der Waals surface area contributed by atoms with E-state index in [0.29, 0.717) is 40.1 Å². The van der Waals surface area contributed by atoms with Crippen LogP contribution in [0.3, 0.4) is 0 Å². The second kappa shape index (κ2) is 10.4. The topological polar surface area (TPSA) is 62.1 Å². The van der Waals surface area contributed by atoms with Gasteiger partial charge in [-0.05, 0) is 59.9 Å². The maximum absolute atomic E-state index is 13.0. The number of hydrogen-bond donors (Lipinski definition) is 0. The third kappa shape index (κ3) is 4.66. The van der Waals surface area contributed by atoms with Gasteiger partial charge >= 0.3 is 0 Å². The molecule has 0 aliphatic rings. The highest BCUT2D eigenvalue weighted by atomic mass is 32.1. The first-order chi connectivity index (χ1) is 17.6. The van der Waals surface area contributed by atoms with Gasteiger partial charge in [0.25, 0.3) is 5.56 Å². The molecule has 5 rings (SSSR count). The van der Waals surface area contributed by atoms with Crippen LogP contribution >= 0.6 is 11.3 Å². The highest BCUT2D eigenvalue weighted by Crippen LogP contribution is 2.30. The summed E-state index contributed by atoms with van der Waals surface area (Å²) in [6.45, 7) is 5.18. The van der Waals surface area contributed by atoms with Crippen molar-refractivity contribution in [2.75, 3.05) is 20.3 Å². The molecule has 1 unspecified atom stereocenters. The number of aromatic nitrogens is 2. The molecule has 5 aromatic rings. The van der Waals surface area contributed by atoms with E-state index in [1.807, 2.05) is 66.7 Å². The molecular formula is C29H28N2O4S. The number of para-hydroxylation sites is 3. The summed E-state index contributed by atoms with van der Waals surface area (Å²) in [6.07, 6.45) is 2.91. The molecule has 0 spiro atoms.